The first kappa shape index (κ1) is 9.67. The van der Waals surface area contributed by atoms with Gasteiger partial charge in [0, 0.05) is 12.7 Å². The van der Waals surface area contributed by atoms with Crippen molar-refractivity contribution in [2.24, 2.45) is 0 Å². The summed E-state index contributed by atoms with van der Waals surface area (Å²) in [6.07, 6.45) is 0. The van der Waals surface area contributed by atoms with Crippen molar-refractivity contribution in [1.29, 1.82) is 0 Å². The number of hydrogen-bond donors (Lipinski definition) is 0. The van der Waals surface area contributed by atoms with Crippen molar-refractivity contribution in [3.05, 3.63) is 36.2 Å². The van der Waals surface area contributed by atoms with E-state index < -0.39 is 0 Å². The first-order valence-corrected chi connectivity index (χ1v) is 4.51. The summed E-state index contributed by atoms with van der Waals surface area (Å²) in [5, 5.41) is 15.7. The van der Waals surface area contributed by atoms with Crippen LogP contribution in [0.5, 0.6) is 0 Å². The molecule has 0 aliphatic heterocycles. The molecule has 0 unspecified atom stereocenters. The maximum Gasteiger partial charge on any atom is 0.203 e. The van der Waals surface area contributed by atoms with Crippen LogP contribution >= 0.6 is 0 Å². The molecule has 5 nitrogen and oxygen atoms in total. The molecule has 0 atom stereocenters. The van der Waals surface area contributed by atoms with Crippen molar-refractivity contribution in [2.75, 3.05) is 7.11 Å². The molecule has 0 spiro atoms. The minimum Gasteiger partial charge on any atom is -0.377 e. The average Bonchev–Trinajstić information content (AvgIpc) is 2.32. The van der Waals surface area contributed by atoms with Gasteiger partial charge in [0.05, 0.1) is 0 Å². The number of benzene rings is 1. The molecule has 0 N–H and O–H groups in total. The van der Waals surface area contributed by atoms with Gasteiger partial charge in [-0.2, -0.15) is 0 Å². The Morgan fingerprint density at radius 2 is 1.67 bits per heavy atom. The second-order valence-electron chi connectivity index (χ2n) is 2.94. The molecule has 0 bridgehead atoms. The Hall–Kier alpha value is -1.88. The van der Waals surface area contributed by atoms with E-state index >= 15 is 0 Å². The summed E-state index contributed by atoms with van der Waals surface area (Å²) in [4.78, 5) is 0. The van der Waals surface area contributed by atoms with Crippen LogP contribution in [0, 0.1) is 0 Å². The Balaban J connectivity index is 2.24. The summed E-state index contributed by atoms with van der Waals surface area (Å²) in [7, 11) is 1.58. The summed E-state index contributed by atoms with van der Waals surface area (Å²) in [6.45, 7) is 0.328. The van der Waals surface area contributed by atoms with E-state index in [0.717, 1.165) is 5.56 Å². The van der Waals surface area contributed by atoms with E-state index in [0.29, 0.717) is 18.3 Å². The lowest BCUT2D eigenvalue weighted by molar-refractivity contribution is 0.175. The molecule has 76 valence electrons. The van der Waals surface area contributed by atoms with E-state index in [2.05, 4.69) is 20.4 Å². The van der Waals surface area contributed by atoms with Crippen molar-refractivity contribution < 1.29 is 4.74 Å². The maximum absolute atomic E-state index is 4.87. The fourth-order valence-electron chi connectivity index (χ4n) is 1.14. The van der Waals surface area contributed by atoms with E-state index in [9.17, 15) is 0 Å². The van der Waals surface area contributed by atoms with Crippen molar-refractivity contribution >= 4 is 0 Å². The van der Waals surface area contributed by atoms with Crippen LogP contribution < -0.4 is 0 Å². The zero-order valence-electron chi connectivity index (χ0n) is 8.29. The quantitative estimate of drug-likeness (QED) is 0.745. The Morgan fingerprint density at radius 1 is 1.00 bits per heavy atom. The van der Waals surface area contributed by atoms with Crippen LogP contribution in [-0.4, -0.2) is 27.5 Å². The molecule has 0 fully saturated rings. The first-order chi connectivity index (χ1) is 7.40. The van der Waals surface area contributed by atoms with Crippen LogP contribution in [0.4, 0.5) is 0 Å². The number of ether oxygens (including phenoxy) is 1. The third-order valence-corrected chi connectivity index (χ3v) is 1.83. The van der Waals surface area contributed by atoms with E-state index in [1.165, 1.54) is 0 Å². The van der Waals surface area contributed by atoms with Gasteiger partial charge in [-0.15, -0.1) is 20.4 Å². The SMILES string of the molecule is COCc1nnc(-c2ccccc2)nn1. The summed E-state index contributed by atoms with van der Waals surface area (Å²) < 4.78 is 4.87. The van der Waals surface area contributed by atoms with Crippen molar-refractivity contribution in [3.63, 3.8) is 0 Å². The molecule has 5 heteroatoms. The Morgan fingerprint density at radius 3 is 2.27 bits per heavy atom. The molecular formula is C10H10N4O. The normalized spacial score (nSPS) is 10.2. The highest BCUT2D eigenvalue weighted by Crippen LogP contribution is 2.10. The number of rotatable bonds is 3. The predicted molar refractivity (Wildman–Crippen MR) is 53.8 cm³/mol. The van der Waals surface area contributed by atoms with Crippen molar-refractivity contribution in [2.45, 2.75) is 6.61 Å². The maximum atomic E-state index is 4.87. The van der Waals surface area contributed by atoms with Gasteiger partial charge in [0.1, 0.15) is 6.61 Å². The lowest BCUT2D eigenvalue weighted by Gasteiger charge is -1.98. The van der Waals surface area contributed by atoms with Gasteiger partial charge in [0.15, 0.2) is 5.82 Å². The van der Waals surface area contributed by atoms with Crippen LogP contribution in [-0.2, 0) is 11.3 Å². The number of hydrogen-bond acceptors (Lipinski definition) is 5. The highest BCUT2D eigenvalue weighted by atomic mass is 16.5. The molecule has 1 aromatic carbocycles. The van der Waals surface area contributed by atoms with Gasteiger partial charge in [-0.05, 0) is 0 Å². The lowest BCUT2D eigenvalue weighted by Crippen LogP contribution is -2.03. The number of methoxy groups -OCH3 is 1. The zero-order chi connectivity index (χ0) is 10.5. The molecule has 15 heavy (non-hydrogen) atoms. The van der Waals surface area contributed by atoms with Gasteiger partial charge in [0.2, 0.25) is 5.82 Å². The summed E-state index contributed by atoms with van der Waals surface area (Å²) in [5.74, 6) is 1.01. The molecule has 1 heterocycles. The van der Waals surface area contributed by atoms with Crippen molar-refractivity contribution in [3.8, 4) is 11.4 Å². The molecule has 0 aliphatic carbocycles. The second kappa shape index (κ2) is 4.56. The fraction of sp³-hybridized carbons (Fsp3) is 0.200. The Kier molecular flexibility index (Phi) is 2.94. The zero-order valence-corrected chi connectivity index (χ0v) is 8.29. The molecule has 0 radical (unpaired) electrons. The van der Waals surface area contributed by atoms with Crippen LogP contribution in [0.2, 0.25) is 0 Å². The van der Waals surface area contributed by atoms with Crippen molar-refractivity contribution in [1.82, 2.24) is 20.4 Å². The lowest BCUT2D eigenvalue weighted by atomic mass is 10.2. The molecular weight excluding hydrogens is 192 g/mol. The third-order valence-electron chi connectivity index (χ3n) is 1.83. The smallest absolute Gasteiger partial charge is 0.203 e. The standard InChI is InChI=1S/C10H10N4O/c1-15-7-9-11-13-10(14-12-9)8-5-3-2-4-6-8/h2-6H,7H2,1H3. The molecule has 2 aromatic rings. The van der Waals surface area contributed by atoms with Gasteiger partial charge >= 0.3 is 0 Å². The van der Waals surface area contributed by atoms with Crippen LogP contribution in [0.25, 0.3) is 11.4 Å². The second-order valence-corrected chi connectivity index (χ2v) is 2.94. The monoisotopic (exact) mass is 202 g/mol. The minimum absolute atomic E-state index is 0.328. The Bertz CT molecular complexity index is 415. The van der Waals surface area contributed by atoms with Gasteiger partial charge in [-0.25, -0.2) is 0 Å². The van der Waals surface area contributed by atoms with Crippen LogP contribution in [0.1, 0.15) is 5.82 Å². The average molecular weight is 202 g/mol. The molecule has 0 amide bonds. The fourth-order valence-corrected chi connectivity index (χ4v) is 1.14. The largest absolute Gasteiger partial charge is 0.377 e. The molecule has 1 aromatic heterocycles. The van der Waals surface area contributed by atoms with E-state index in [-0.39, 0.29) is 0 Å². The molecule has 0 saturated heterocycles. The summed E-state index contributed by atoms with van der Waals surface area (Å²) in [6, 6.07) is 9.59. The van der Waals surface area contributed by atoms with Gasteiger partial charge in [0.25, 0.3) is 0 Å². The molecule has 0 aliphatic rings. The number of nitrogens with zero attached hydrogens (tertiary/aromatic N) is 4. The minimum atomic E-state index is 0.328. The van der Waals surface area contributed by atoms with E-state index in [4.69, 9.17) is 4.74 Å². The van der Waals surface area contributed by atoms with Gasteiger partial charge in [-0.3, -0.25) is 0 Å². The third kappa shape index (κ3) is 2.32. The highest BCUT2D eigenvalue weighted by Gasteiger charge is 2.02. The van der Waals surface area contributed by atoms with E-state index in [1.54, 1.807) is 7.11 Å². The first-order valence-electron chi connectivity index (χ1n) is 4.51. The van der Waals surface area contributed by atoms with E-state index in [1.807, 2.05) is 30.3 Å². The number of aromatic nitrogens is 4. The highest BCUT2D eigenvalue weighted by molar-refractivity contribution is 5.52. The summed E-state index contributed by atoms with van der Waals surface area (Å²) in [5.41, 5.74) is 0.904. The topological polar surface area (TPSA) is 60.8 Å². The van der Waals surface area contributed by atoms with Crippen LogP contribution in [0.3, 0.4) is 0 Å². The summed E-state index contributed by atoms with van der Waals surface area (Å²) >= 11 is 0. The predicted octanol–water partition coefficient (Wildman–Crippen LogP) is 1.08. The van der Waals surface area contributed by atoms with Gasteiger partial charge < -0.3 is 4.74 Å². The molecule has 0 saturated carbocycles. The van der Waals surface area contributed by atoms with Gasteiger partial charge in [-0.1, -0.05) is 30.3 Å². The molecule has 2 rings (SSSR count). The Labute approximate surface area is 87.1 Å². The van der Waals surface area contributed by atoms with Crippen LogP contribution in [0.15, 0.2) is 30.3 Å².